The average Bonchev–Trinajstić information content (AvgIpc) is 2.82. The van der Waals surface area contributed by atoms with Crippen LogP contribution in [0.2, 0.25) is 0 Å². The molecule has 19 heavy (non-hydrogen) atoms. The molecule has 0 amide bonds. The van der Waals surface area contributed by atoms with Gasteiger partial charge in [-0.25, -0.2) is 0 Å². The highest BCUT2D eigenvalue weighted by atomic mass is 35.5. The molecular formula is C16H22ClNO. The predicted molar refractivity (Wildman–Crippen MR) is 81.5 cm³/mol. The van der Waals surface area contributed by atoms with Crippen molar-refractivity contribution in [2.45, 2.75) is 31.2 Å². The Morgan fingerprint density at radius 1 is 1.42 bits per heavy atom. The molecule has 104 valence electrons. The van der Waals surface area contributed by atoms with Crippen LogP contribution in [0.5, 0.6) is 5.75 Å². The summed E-state index contributed by atoms with van der Waals surface area (Å²) in [7, 11) is 1.78. The summed E-state index contributed by atoms with van der Waals surface area (Å²) < 4.78 is 5.51. The number of fused-ring (bicyclic) bond motifs is 3. The number of hydrogen-bond donors (Lipinski definition) is 0. The smallest absolute Gasteiger partial charge is 0.122 e. The number of likely N-dealkylation sites (tertiary alicyclic amines) is 1. The Labute approximate surface area is 121 Å². The Balaban J connectivity index is 0.00000133. The van der Waals surface area contributed by atoms with E-state index in [0.717, 1.165) is 18.7 Å². The third kappa shape index (κ3) is 2.39. The van der Waals surface area contributed by atoms with Crippen LogP contribution in [-0.2, 0) is 6.42 Å². The van der Waals surface area contributed by atoms with Crippen LogP contribution in [0.15, 0.2) is 30.9 Å². The molecule has 1 aromatic carbocycles. The lowest BCUT2D eigenvalue weighted by molar-refractivity contribution is 0.248. The van der Waals surface area contributed by atoms with Gasteiger partial charge in [0.05, 0.1) is 7.11 Å². The van der Waals surface area contributed by atoms with Gasteiger partial charge in [-0.05, 0) is 43.0 Å². The third-order valence-corrected chi connectivity index (χ3v) is 4.50. The first-order valence-electron chi connectivity index (χ1n) is 6.86. The molecule has 0 N–H and O–H groups in total. The molecule has 0 saturated carbocycles. The van der Waals surface area contributed by atoms with Crippen LogP contribution in [-0.4, -0.2) is 31.1 Å². The van der Waals surface area contributed by atoms with Crippen molar-refractivity contribution >= 4 is 12.4 Å². The van der Waals surface area contributed by atoms with E-state index in [9.17, 15) is 0 Å². The van der Waals surface area contributed by atoms with E-state index in [1.807, 2.05) is 6.08 Å². The van der Waals surface area contributed by atoms with Crippen LogP contribution in [0.25, 0.3) is 0 Å². The molecule has 0 spiro atoms. The highest BCUT2D eigenvalue weighted by Gasteiger charge is 2.38. The Bertz CT molecular complexity index is 460. The Morgan fingerprint density at radius 2 is 2.26 bits per heavy atom. The lowest BCUT2D eigenvalue weighted by Gasteiger charge is -2.33. The zero-order chi connectivity index (χ0) is 12.5. The summed E-state index contributed by atoms with van der Waals surface area (Å²) in [4.78, 5) is 2.58. The van der Waals surface area contributed by atoms with Crippen molar-refractivity contribution in [2.75, 3.05) is 20.2 Å². The fourth-order valence-corrected chi connectivity index (χ4v) is 3.74. The second-order valence-corrected chi connectivity index (χ2v) is 5.31. The maximum Gasteiger partial charge on any atom is 0.122 e. The van der Waals surface area contributed by atoms with Gasteiger partial charge < -0.3 is 4.74 Å². The Hall–Kier alpha value is -0.990. The van der Waals surface area contributed by atoms with Gasteiger partial charge in [0.2, 0.25) is 0 Å². The molecule has 0 bridgehead atoms. The fourth-order valence-electron chi connectivity index (χ4n) is 3.74. The van der Waals surface area contributed by atoms with E-state index in [4.69, 9.17) is 4.74 Å². The normalized spacial score (nSPS) is 25.1. The molecule has 1 saturated heterocycles. The summed E-state index contributed by atoms with van der Waals surface area (Å²) in [5, 5.41) is 0. The minimum absolute atomic E-state index is 0. The predicted octanol–water partition coefficient (Wildman–Crippen LogP) is 3.41. The highest BCUT2D eigenvalue weighted by molar-refractivity contribution is 5.85. The molecule has 2 nitrogen and oxygen atoms in total. The molecule has 0 aromatic heterocycles. The summed E-state index contributed by atoms with van der Waals surface area (Å²) in [6.45, 7) is 6.11. The molecule has 3 rings (SSSR count). The van der Waals surface area contributed by atoms with Gasteiger partial charge in [0, 0.05) is 18.5 Å². The molecule has 1 aliphatic heterocycles. The van der Waals surface area contributed by atoms with Crippen molar-refractivity contribution in [3.63, 3.8) is 0 Å². The van der Waals surface area contributed by atoms with E-state index in [0.29, 0.717) is 12.0 Å². The summed E-state index contributed by atoms with van der Waals surface area (Å²) in [6.07, 6.45) is 5.71. The van der Waals surface area contributed by atoms with Crippen molar-refractivity contribution in [1.82, 2.24) is 4.90 Å². The highest BCUT2D eigenvalue weighted by Crippen LogP contribution is 2.43. The first-order valence-corrected chi connectivity index (χ1v) is 6.86. The molecule has 1 heterocycles. The van der Waals surface area contributed by atoms with E-state index < -0.39 is 0 Å². The van der Waals surface area contributed by atoms with E-state index in [2.05, 4.69) is 29.7 Å². The molecule has 0 unspecified atom stereocenters. The van der Waals surface area contributed by atoms with Crippen LogP contribution in [0.3, 0.4) is 0 Å². The van der Waals surface area contributed by atoms with Crippen molar-refractivity contribution < 1.29 is 4.74 Å². The SMILES string of the molecule is C=CCN1CC[C@H]2c3cccc(OC)c3CC[C@@H]21.Cl. The van der Waals surface area contributed by atoms with Crippen LogP contribution >= 0.6 is 12.4 Å². The Morgan fingerprint density at radius 3 is 3.00 bits per heavy atom. The molecule has 2 aliphatic rings. The van der Waals surface area contributed by atoms with Crippen LogP contribution in [0.1, 0.15) is 29.9 Å². The molecule has 0 radical (unpaired) electrons. The molecule has 1 aromatic rings. The van der Waals surface area contributed by atoms with Gasteiger partial charge in [-0.2, -0.15) is 0 Å². The Kier molecular flexibility index (Phi) is 4.54. The number of methoxy groups -OCH3 is 1. The molecular weight excluding hydrogens is 258 g/mol. The number of rotatable bonds is 3. The zero-order valence-electron chi connectivity index (χ0n) is 11.5. The quantitative estimate of drug-likeness (QED) is 0.786. The average molecular weight is 280 g/mol. The first-order chi connectivity index (χ1) is 8.85. The number of nitrogens with zero attached hydrogens (tertiary/aromatic N) is 1. The minimum atomic E-state index is 0. The summed E-state index contributed by atoms with van der Waals surface area (Å²) >= 11 is 0. The standard InChI is InChI=1S/C16H21NO.ClH/c1-3-10-17-11-9-13-12-5-4-6-16(18-2)14(12)7-8-15(13)17;/h3-6,13,15H,1,7-11H2,2H3;1H/t13-,15-;/m0./s1. The monoisotopic (exact) mass is 279 g/mol. The lowest BCUT2D eigenvalue weighted by Crippen LogP contribution is -2.35. The fraction of sp³-hybridized carbons (Fsp3) is 0.500. The molecule has 1 fully saturated rings. The van der Waals surface area contributed by atoms with Gasteiger partial charge >= 0.3 is 0 Å². The summed E-state index contributed by atoms with van der Waals surface area (Å²) in [5.74, 6) is 1.77. The second-order valence-electron chi connectivity index (χ2n) is 5.31. The topological polar surface area (TPSA) is 12.5 Å². The summed E-state index contributed by atoms with van der Waals surface area (Å²) in [5.41, 5.74) is 2.97. The van der Waals surface area contributed by atoms with Gasteiger partial charge in [-0.15, -0.1) is 19.0 Å². The van der Waals surface area contributed by atoms with E-state index in [1.165, 1.54) is 30.5 Å². The van der Waals surface area contributed by atoms with E-state index in [-0.39, 0.29) is 12.4 Å². The number of hydrogen-bond acceptors (Lipinski definition) is 2. The largest absolute Gasteiger partial charge is 0.496 e. The van der Waals surface area contributed by atoms with Gasteiger partial charge in [0.1, 0.15) is 5.75 Å². The van der Waals surface area contributed by atoms with Crippen molar-refractivity contribution in [3.05, 3.63) is 42.0 Å². The maximum absolute atomic E-state index is 5.51. The van der Waals surface area contributed by atoms with E-state index in [1.54, 1.807) is 7.11 Å². The van der Waals surface area contributed by atoms with Gasteiger partial charge in [-0.1, -0.05) is 18.2 Å². The molecule has 3 heteroatoms. The molecule has 2 atom stereocenters. The molecule has 1 aliphatic carbocycles. The maximum atomic E-state index is 5.51. The van der Waals surface area contributed by atoms with Gasteiger partial charge in [0.15, 0.2) is 0 Å². The van der Waals surface area contributed by atoms with Crippen molar-refractivity contribution in [1.29, 1.82) is 0 Å². The summed E-state index contributed by atoms with van der Waals surface area (Å²) in [6, 6.07) is 7.24. The minimum Gasteiger partial charge on any atom is -0.496 e. The first kappa shape index (κ1) is 14.4. The van der Waals surface area contributed by atoms with Crippen LogP contribution in [0.4, 0.5) is 0 Å². The van der Waals surface area contributed by atoms with Crippen molar-refractivity contribution in [2.24, 2.45) is 0 Å². The third-order valence-electron chi connectivity index (χ3n) is 4.50. The van der Waals surface area contributed by atoms with Gasteiger partial charge in [0.25, 0.3) is 0 Å². The zero-order valence-corrected chi connectivity index (χ0v) is 12.3. The van der Waals surface area contributed by atoms with Crippen molar-refractivity contribution in [3.8, 4) is 5.75 Å². The number of benzene rings is 1. The second kappa shape index (κ2) is 5.98. The van der Waals surface area contributed by atoms with Gasteiger partial charge in [-0.3, -0.25) is 4.90 Å². The van der Waals surface area contributed by atoms with Crippen LogP contribution < -0.4 is 4.74 Å². The number of ether oxygens (including phenoxy) is 1. The van der Waals surface area contributed by atoms with Crippen LogP contribution in [0, 0.1) is 0 Å². The lowest BCUT2D eigenvalue weighted by atomic mass is 9.79. The number of halogens is 1. The van der Waals surface area contributed by atoms with E-state index >= 15 is 0 Å².